The quantitative estimate of drug-likeness (QED) is 0.573. The van der Waals surface area contributed by atoms with Crippen molar-refractivity contribution in [2.45, 2.75) is 61.0 Å². The Balaban J connectivity index is 0. The average Bonchev–Trinajstić information content (AvgIpc) is 2.44. The summed E-state index contributed by atoms with van der Waals surface area (Å²) in [5.74, 6) is 0.627. The van der Waals surface area contributed by atoms with Gasteiger partial charge < -0.3 is 19.1 Å². The monoisotopic (exact) mass is 319 g/mol. The Hall–Kier alpha value is -0.160. The van der Waals surface area contributed by atoms with E-state index in [0.29, 0.717) is 12.0 Å². The third kappa shape index (κ3) is 19.8. The lowest BCUT2D eigenvalue weighted by Crippen LogP contribution is -2.39. The molecule has 0 aliphatic carbocycles. The molecular weight excluding hydrogens is 278 g/mol. The van der Waals surface area contributed by atoms with Crippen molar-refractivity contribution in [2.75, 3.05) is 52.7 Å². The molecule has 22 heavy (non-hydrogen) atoms. The van der Waals surface area contributed by atoms with Crippen molar-refractivity contribution in [3.63, 3.8) is 0 Å². The van der Waals surface area contributed by atoms with E-state index in [-0.39, 0.29) is 0 Å². The highest BCUT2D eigenvalue weighted by Crippen LogP contribution is 2.04. The Morgan fingerprint density at radius 3 is 1.91 bits per heavy atom. The fraction of sp³-hybridized carbons (Fsp3) is 1.00. The molecule has 136 valence electrons. The van der Waals surface area contributed by atoms with E-state index >= 15 is 0 Å². The van der Waals surface area contributed by atoms with Crippen LogP contribution < -0.4 is 0 Å². The van der Waals surface area contributed by atoms with Gasteiger partial charge in [0, 0.05) is 19.8 Å². The topological polar surface area (TPSA) is 30.9 Å². The summed E-state index contributed by atoms with van der Waals surface area (Å²) in [7, 11) is 0. The minimum absolute atomic E-state index is 0.390. The van der Waals surface area contributed by atoms with E-state index in [1.54, 1.807) is 0 Å². The van der Waals surface area contributed by atoms with E-state index in [2.05, 4.69) is 32.6 Å². The molecule has 0 unspecified atom stereocenters. The van der Waals surface area contributed by atoms with Crippen molar-refractivity contribution in [1.82, 2.24) is 4.90 Å². The van der Waals surface area contributed by atoms with Gasteiger partial charge in [0.05, 0.1) is 25.9 Å². The molecule has 1 saturated heterocycles. The SMILES string of the molecule is CC.CC(C)OCCN1CCC1.CCOCCOCC(C)C. The third-order valence-corrected chi connectivity index (χ3v) is 2.83. The molecule has 0 spiro atoms. The summed E-state index contributed by atoms with van der Waals surface area (Å²) in [5.41, 5.74) is 0. The van der Waals surface area contributed by atoms with Gasteiger partial charge in [-0.05, 0) is 46.2 Å². The molecule has 4 heteroatoms. The zero-order valence-corrected chi connectivity index (χ0v) is 16.2. The van der Waals surface area contributed by atoms with Gasteiger partial charge >= 0.3 is 0 Å². The summed E-state index contributed by atoms with van der Waals surface area (Å²) in [6.45, 7) is 22.1. The van der Waals surface area contributed by atoms with Crippen LogP contribution in [0.25, 0.3) is 0 Å². The van der Waals surface area contributed by atoms with Crippen molar-refractivity contribution in [3.05, 3.63) is 0 Å². The zero-order chi connectivity index (χ0) is 17.2. The van der Waals surface area contributed by atoms with Crippen LogP contribution in [0.3, 0.4) is 0 Å². The molecule has 1 heterocycles. The average molecular weight is 320 g/mol. The van der Waals surface area contributed by atoms with Gasteiger partial charge in [0.1, 0.15) is 0 Å². The van der Waals surface area contributed by atoms with Gasteiger partial charge in [0.25, 0.3) is 0 Å². The molecule has 1 aliphatic rings. The molecule has 0 bridgehead atoms. The molecule has 0 aromatic rings. The fourth-order valence-corrected chi connectivity index (χ4v) is 1.60. The highest BCUT2D eigenvalue weighted by molar-refractivity contribution is 4.67. The van der Waals surface area contributed by atoms with Crippen LogP contribution in [0.4, 0.5) is 0 Å². The lowest BCUT2D eigenvalue weighted by molar-refractivity contribution is 0.0422. The predicted octanol–water partition coefficient (Wildman–Crippen LogP) is 3.84. The maximum Gasteiger partial charge on any atom is 0.0700 e. The standard InChI is InChI=1S/C8H17NO.C8H18O2.C2H6/c1-8(2)10-7-6-9-4-3-5-9;1-4-9-5-6-10-7-8(2)3;1-2/h8H,3-7H2,1-2H3;8H,4-7H2,1-3H3;1-2H3. The lowest BCUT2D eigenvalue weighted by atomic mass is 10.2. The van der Waals surface area contributed by atoms with Crippen LogP contribution in [0.1, 0.15) is 54.9 Å². The minimum atomic E-state index is 0.390. The molecule has 1 rings (SSSR count). The molecule has 0 radical (unpaired) electrons. The number of rotatable bonds is 10. The number of nitrogens with zero attached hydrogens (tertiary/aromatic N) is 1. The van der Waals surface area contributed by atoms with Gasteiger partial charge in [-0.1, -0.05) is 27.7 Å². The van der Waals surface area contributed by atoms with E-state index in [1.807, 2.05) is 20.8 Å². The summed E-state index contributed by atoms with van der Waals surface area (Å²) in [4.78, 5) is 2.42. The second-order valence-electron chi connectivity index (χ2n) is 5.78. The predicted molar refractivity (Wildman–Crippen MR) is 95.6 cm³/mol. The number of hydrogen-bond donors (Lipinski definition) is 0. The molecule has 1 aliphatic heterocycles. The van der Waals surface area contributed by atoms with Crippen LogP contribution in [-0.4, -0.2) is 63.7 Å². The van der Waals surface area contributed by atoms with Crippen LogP contribution in [0, 0.1) is 5.92 Å². The first-order valence-electron chi connectivity index (χ1n) is 9.05. The Morgan fingerprint density at radius 2 is 1.50 bits per heavy atom. The van der Waals surface area contributed by atoms with Crippen molar-refractivity contribution in [1.29, 1.82) is 0 Å². The molecule has 0 aromatic carbocycles. The number of ether oxygens (including phenoxy) is 3. The van der Waals surface area contributed by atoms with Crippen molar-refractivity contribution in [2.24, 2.45) is 5.92 Å². The highest BCUT2D eigenvalue weighted by Gasteiger charge is 2.12. The molecule has 1 fully saturated rings. The van der Waals surface area contributed by atoms with Gasteiger partial charge in [0.2, 0.25) is 0 Å². The number of hydrogen-bond acceptors (Lipinski definition) is 4. The van der Waals surface area contributed by atoms with Crippen molar-refractivity contribution >= 4 is 0 Å². The van der Waals surface area contributed by atoms with Crippen LogP contribution in [0.5, 0.6) is 0 Å². The largest absolute Gasteiger partial charge is 0.379 e. The normalized spacial score (nSPS) is 14.0. The first kappa shape index (κ1) is 24.1. The van der Waals surface area contributed by atoms with Crippen LogP contribution in [0.2, 0.25) is 0 Å². The Bertz CT molecular complexity index is 195. The molecule has 0 aromatic heterocycles. The van der Waals surface area contributed by atoms with E-state index in [4.69, 9.17) is 14.2 Å². The van der Waals surface area contributed by atoms with Gasteiger partial charge in [-0.15, -0.1) is 0 Å². The summed E-state index contributed by atoms with van der Waals surface area (Å²) in [5, 5.41) is 0. The van der Waals surface area contributed by atoms with Gasteiger partial charge in [-0.2, -0.15) is 0 Å². The van der Waals surface area contributed by atoms with E-state index in [0.717, 1.165) is 39.6 Å². The maximum absolute atomic E-state index is 5.41. The first-order valence-corrected chi connectivity index (χ1v) is 9.05. The van der Waals surface area contributed by atoms with E-state index in [1.165, 1.54) is 19.5 Å². The molecule has 0 amide bonds. The summed E-state index contributed by atoms with van der Waals surface area (Å²) in [6, 6.07) is 0. The fourth-order valence-electron chi connectivity index (χ4n) is 1.60. The van der Waals surface area contributed by atoms with Crippen LogP contribution >= 0.6 is 0 Å². The highest BCUT2D eigenvalue weighted by atomic mass is 16.5. The van der Waals surface area contributed by atoms with Gasteiger partial charge in [-0.25, -0.2) is 0 Å². The summed E-state index contributed by atoms with van der Waals surface area (Å²) in [6.07, 6.45) is 1.77. The Labute approximate surface area is 139 Å². The Morgan fingerprint density at radius 1 is 0.909 bits per heavy atom. The summed E-state index contributed by atoms with van der Waals surface area (Å²) >= 11 is 0. The van der Waals surface area contributed by atoms with E-state index < -0.39 is 0 Å². The minimum Gasteiger partial charge on any atom is -0.379 e. The molecule has 0 saturated carbocycles. The summed E-state index contributed by atoms with van der Waals surface area (Å²) < 4.78 is 15.8. The second-order valence-corrected chi connectivity index (χ2v) is 5.78. The maximum atomic E-state index is 5.41. The molecule has 0 atom stereocenters. The van der Waals surface area contributed by atoms with Crippen LogP contribution in [-0.2, 0) is 14.2 Å². The molecule has 0 N–H and O–H groups in total. The molecular formula is C18H41NO3. The molecule has 4 nitrogen and oxygen atoms in total. The van der Waals surface area contributed by atoms with Crippen molar-refractivity contribution < 1.29 is 14.2 Å². The smallest absolute Gasteiger partial charge is 0.0700 e. The van der Waals surface area contributed by atoms with Gasteiger partial charge in [0.15, 0.2) is 0 Å². The number of likely N-dealkylation sites (tertiary alicyclic amines) is 1. The van der Waals surface area contributed by atoms with Gasteiger partial charge in [-0.3, -0.25) is 0 Å². The lowest BCUT2D eigenvalue weighted by Gasteiger charge is -2.30. The van der Waals surface area contributed by atoms with E-state index in [9.17, 15) is 0 Å². The zero-order valence-electron chi connectivity index (χ0n) is 16.2. The first-order chi connectivity index (χ1) is 10.6. The van der Waals surface area contributed by atoms with Crippen molar-refractivity contribution in [3.8, 4) is 0 Å². The van der Waals surface area contributed by atoms with Crippen LogP contribution in [0.15, 0.2) is 0 Å². The second kappa shape index (κ2) is 18.9. The Kier molecular flexibility index (Phi) is 20.7. The third-order valence-electron chi connectivity index (χ3n) is 2.83.